The molecule has 2 N–H and O–H groups in total. The van der Waals surface area contributed by atoms with Gasteiger partial charge in [-0.2, -0.15) is 0 Å². The van der Waals surface area contributed by atoms with E-state index in [0.29, 0.717) is 12.6 Å². The summed E-state index contributed by atoms with van der Waals surface area (Å²) in [6, 6.07) is 0. The maximum absolute atomic E-state index is 5.47. The second-order valence-electron chi connectivity index (χ2n) is 2.90. The quantitative estimate of drug-likeness (QED) is 0.662. The van der Waals surface area contributed by atoms with Crippen molar-refractivity contribution in [1.82, 2.24) is 0 Å². The van der Waals surface area contributed by atoms with Gasteiger partial charge in [0.1, 0.15) is 0 Å². The SMILES string of the molecule is CCCCC1COC(CN)O1. The first kappa shape index (κ1) is 8.97. The molecule has 11 heavy (non-hydrogen) atoms. The Morgan fingerprint density at radius 2 is 2.36 bits per heavy atom. The third-order valence-corrected chi connectivity index (χ3v) is 1.88. The predicted octanol–water partition coefficient (Wildman–Crippen LogP) is 0.877. The lowest BCUT2D eigenvalue weighted by atomic mass is 10.2. The van der Waals surface area contributed by atoms with Gasteiger partial charge < -0.3 is 15.2 Å². The molecule has 1 aliphatic heterocycles. The molecule has 1 aliphatic rings. The molecule has 1 rings (SSSR count). The van der Waals surface area contributed by atoms with Crippen LogP contribution in [0, 0.1) is 0 Å². The Hall–Kier alpha value is -0.120. The first-order chi connectivity index (χ1) is 5.36. The van der Waals surface area contributed by atoms with Gasteiger partial charge >= 0.3 is 0 Å². The molecule has 66 valence electrons. The molecule has 0 aromatic carbocycles. The molecular weight excluding hydrogens is 142 g/mol. The molecule has 0 saturated carbocycles. The summed E-state index contributed by atoms with van der Waals surface area (Å²) in [5.41, 5.74) is 5.37. The van der Waals surface area contributed by atoms with E-state index in [1.54, 1.807) is 0 Å². The highest BCUT2D eigenvalue weighted by Gasteiger charge is 2.23. The van der Waals surface area contributed by atoms with E-state index in [-0.39, 0.29) is 6.29 Å². The summed E-state index contributed by atoms with van der Waals surface area (Å²) >= 11 is 0. The summed E-state index contributed by atoms with van der Waals surface area (Å²) in [6.07, 6.45) is 3.69. The largest absolute Gasteiger partial charge is 0.349 e. The number of unbranched alkanes of at least 4 members (excludes halogenated alkanes) is 1. The number of rotatable bonds is 4. The molecule has 0 aliphatic carbocycles. The van der Waals surface area contributed by atoms with Crippen LogP contribution < -0.4 is 5.73 Å². The van der Waals surface area contributed by atoms with Crippen LogP contribution in [-0.4, -0.2) is 25.5 Å². The predicted molar refractivity (Wildman–Crippen MR) is 43.2 cm³/mol. The van der Waals surface area contributed by atoms with Crippen molar-refractivity contribution in [2.75, 3.05) is 13.2 Å². The standard InChI is InChI=1S/C8H17NO2/c1-2-3-4-7-6-10-8(5-9)11-7/h7-8H,2-6,9H2,1H3. The second-order valence-corrected chi connectivity index (χ2v) is 2.90. The zero-order valence-electron chi connectivity index (χ0n) is 7.08. The maximum Gasteiger partial charge on any atom is 0.170 e. The summed E-state index contributed by atoms with van der Waals surface area (Å²) in [6.45, 7) is 3.38. The van der Waals surface area contributed by atoms with Crippen LogP contribution in [0.4, 0.5) is 0 Å². The minimum Gasteiger partial charge on any atom is -0.349 e. The zero-order chi connectivity index (χ0) is 8.10. The molecular formula is C8H17NO2. The van der Waals surface area contributed by atoms with Gasteiger partial charge in [-0.25, -0.2) is 0 Å². The van der Waals surface area contributed by atoms with Gasteiger partial charge in [0.2, 0.25) is 0 Å². The van der Waals surface area contributed by atoms with Crippen molar-refractivity contribution < 1.29 is 9.47 Å². The van der Waals surface area contributed by atoms with Gasteiger partial charge in [0.05, 0.1) is 12.7 Å². The number of hydrogen-bond donors (Lipinski definition) is 1. The fourth-order valence-electron chi connectivity index (χ4n) is 1.21. The molecule has 0 bridgehead atoms. The Kier molecular flexibility index (Phi) is 3.83. The van der Waals surface area contributed by atoms with Crippen LogP contribution in [0.3, 0.4) is 0 Å². The van der Waals surface area contributed by atoms with Crippen LogP contribution in [0.1, 0.15) is 26.2 Å². The van der Waals surface area contributed by atoms with Crippen molar-refractivity contribution in [3.05, 3.63) is 0 Å². The third kappa shape index (κ3) is 2.77. The normalized spacial score (nSPS) is 31.1. The zero-order valence-corrected chi connectivity index (χ0v) is 7.08. The lowest BCUT2D eigenvalue weighted by Gasteiger charge is -2.08. The molecule has 1 saturated heterocycles. The first-order valence-electron chi connectivity index (χ1n) is 4.34. The molecule has 1 fully saturated rings. The van der Waals surface area contributed by atoms with Crippen molar-refractivity contribution in [3.63, 3.8) is 0 Å². The molecule has 0 amide bonds. The maximum atomic E-state index is 5.47. The van der Waals surface area contributed by atoms with Gasteiger partial charge in [-0.3, -0.25) is 0 Å². The minimum atomic E-state index is -0.142. The van der Waals surface area contributed by atoms with Gasteiger partial charge in [0, 0.05) is 6.54 Å². The van der Waals surface area contributed by atoms with Crippen LogP contribution >= 0.6 is 0 Å². The number of hydrogen-bond acceptors (Lipinski definition) is 3. The fraction of sp³-hybridized carbons (Fsp3) is 1.00. The summed E-state index contributed by atoms with van der Waals surface area (Å²) < 4.78 is 10.7. The lowest BCUT2D eigenvalue weighted by molar-refractivity contribution is -0.0504. The first-order valence-corrected chi connectivity index (χ1v) is 4.34. The van der Waals surface area contributed by atoms with Crippen molar-refractivity contribution in [3.8, 4) is 0 Å². The van der Waals surface area contributed by atoms with Crippen LogP contribution in [-0.2, 0) is 9.47 Å². The van der Waals surface area contributed by atoms with Crippen molar-refractivity contribution in [2.24, 2.45) is 5.73 Å². The fourth-order valence-corrected chi connectivity index (χ4v) is 1.21. The monoisotopic (exact) mass is 159 g/mol. The number of ether oxygens (including phenoxy) is 2. The van der Waals surface area contributed by atoms with Gasteiger partial charge in [-0.1, -0.05) is 19.8 Å². The molecule has 0 aromatic heterocycles. The Labute approximate surface area is 67.9 Å². The van der Waals surface area contributed by atoms with E-state index in [4.69, 9.17) is 15.2 Å². The summed E-state index contributed by atoms with van der Waals surface area (Å²) in [5, 5.41) is 0. The Bertz CT molecular complexity index is 108. The Morgan fingerprint density at radius 1 is 1.55 bits per heavy atom. The Morgan fingerprint density at radius 3 is 2.91 bits per heavy atom. The summed E-state index contributed by atoms with van der Waals surface area (Å²) in [7, 11) is 0. The highest BCUT2D eigenvalue weighted by molar-refractivity contribution is 4.65. The van der Waals surface area contributed by atoms with Crippen LogP contribution in [0.15, 0.2) is 0 Å². The van der Waals surface area contributed by atoms with E-state index in [0.717, 1.165) is 13.0 Å². The summed E-state index contributed by atoms with van der Waals surface area (Å²) in [5.74, 6) is 0. The number of nitrogens with two attached hydrogens (primary N) is 1. The van der Waals surface area contributed by atoms with E-state index in [1.165, 1.54) is 12.8 Å². The van der Waals surface area contributed by atoms with Crippen LogP contribution in [0.2, 0.25) is 0 Å². The molecule has 2 atom stereocenters. The van der Waals surface area contributed by atoms with Crippen molar-refractivity contribution >= 4 is 0 Å². The molecule has 0 spiro atoms. The van der Waals surface area contributed by atoms with Crippen molar-refractivity contribution in [1.29, 1.82) is 0 Å². The van der Waals surface area contributed by atoms with Gasteiger partial charge in [-0.15, -0.1) is 0 Å². The van der Waals surface area contributed by atoms with Crippen LogP contribution in [0.5, 0.6) is 0 Å². The molecule has 3 nitrogen and oxygen atoms in total. The van der Waals surface area contributed by atoms with E-state index in [9.17, 15) is 0 Å². The minimum absolute atomic E-state index is 0.142. The summed E-state index contributed by atoms with van der Waals surface area (Å²) in [4.78, 5) is 0. The van der Waals surface area contributed by atoms with E-state index in [1.807, 2.05) is 0 Å². The average Bonchev–Trinajstić information content (AvgIpc) is 2.48. The van der Waals surface area contributed by atoms with Gasteiger partial charge in [0.25, 0.3) is 0 Å². The van der Waals surface area contributed by atoms with Gasteiger partial charge in [0.15, 0.2) is 6.29 Å². The van der Waals surface area contributed by atoms with E-state index < -0.39 is 0 Å². The average molecular weight is 159 g/mol. The molecule has 2 unspecified atom stereocenters. The van der Waals surface area contributed by atoms with Gasteiger partial charge in [-0.05, 0) is 6.42 Å². The highest BCUT2D eigenvalue weighted by atomic mass is 16.7. The van der Waals surface area contributed by atoms with Crippen LogP contribution in [0.25, 0.3) is 0 Å². The van der Waals surface area contributed by atoms with E-state index in [2.05, 4.69) is 6.92 Å². The smallest absolute Gasteiger partial charge is 0.170 e. The topological polar surface area (TPSA) is 44.5 Å². The molecule has 1 heterocycles. The Balaban J connectivity index is 2.09. The van der Waals surface area contributed by atoms with Crippen molar-refractivity contribution in [2.45, 2.75) is 38.6 Å². The second kappa shape index (κ2) is 4.70. The van der Waals surface area contributed by atoms with E-state index >= 15 is 0 Å². The highest BCUT2D eigenvalue weighted by Crippen LogP contribution is 2.15. The third-order valence-electron chi connectivity index (χ3n) is 1.88. The molecule has 3 heteroatoms. The molecule has 0 aromatic rings. The lowest BCUT2D eigenvalue weighted by Crippen LogP contribution is -2.21. The molecule has 0 radical (unpaired) electrons.